The zero-order valence-electron chi connectivity index (χ0n) is 10.1. The Bertz CT molecular complexity index is 675. The van der Waals surface area contributed by atoms with Crippen molar-refractivity contribution < 1.29 is 12.8 Å². The minimum Gasteiger partial charge on any atom is -0.313 e. The van der Waals surface area contributed by atoms with Crippen LogP contribution in [0.5, 0.6) is 0 Å². The molecule has 0 aliphatic carbocycles. The van der Waals surface area contributed by atoms with Crippen LogP contribution in [0.3, 0.4) is 0 Å². The van der Waals surface area contributed by atoms with Gasteiger partial charge in [0.1, 0.15) is 10.9 Å². The van der Waals surface area contributed by atoms with Gasteiger partial charge in [-0.3, -0.25) is 0 Å². The average molecular weight is 338 g/mol. The van der Waals surface area contributed by atoms with Crippen molar-refractivity contribution in [3.05, 3.63) is 28.0 Å². The van der Waals surface area contributed by atoms with Gasteiger partial charge in [0.05, 0.1) is 16.1 Å². The number of sulfonamides is 1. The fourth-order valence-corrected chi connectivity index (χ4v) is 4.18. The molecule has 1 fully saturated rings. The molecule has 1 aromatic rings. The van der Waals surface area contributed by atoms with Crippen molar-refractivity contribution in [2.45, 2.75) is 10.9 Å². The number of nitrogens with one attached hydrogen (secondary N) is 1. The molecule has 0 bridgehead atoms. The number of nitriles is 1. The molecule has 0 saturated carbocycles. The van der Waals surface area contributed by atoms with Crippen molar-refractivity contribution in [1.82, 2.24) is 9.62 Å². The largest absolute Gasteiger partial charge is 0.313 e. The Balaban J connectivity index is 2.50. The van der Waals surface area contributed by atoms with Crippen LogP contribution < -0.4 is 5.32 Å². The minimum atomic E-state index is -4.05. The molecule has 1 aliphatic rings. The van der Waals surface area contributed by atoms with E-state index >= 15 is 0 Å². The lowest BCUT2D eigenvalue weighted by molar-refractivity contribution is 0.311. The summed E-state index contributed by atoms with van der Waals surface area (Å²) in [6, 6.07) is 3.30. The summed E-state index contributed by atoms with van der Waals surface area (Å²) in [6.07, 6.45) is 0. The summed E-state index contributed by atoms with van der Waals surface area (Å²) in [5.74, 6) is -0.988. The van der Waals surface area contributed by atoms with E-state index < -0.39 is 26.9 Å². The first kappa shape index (κ1) is 15.5. The number of halogens is 3. The Hall–Kier alpha value is -0.910. The zero-order chi connectivity index (χ0) is 14.9. The van der Waals surface area contributed by atoms with Crippen LogP contribution >= 0.6 is 23.2 Å². The lowest BCUT2D eigenvalue weighted by Gasteiger charge is -2.31. The normalized spacial score (nSPS) is 20.6. The van der Waals surface area contributed by atoms with Crippen molar-refractivity contribution in [2.24, 2.45) is 0 Å². The number of benzene rings is 1. The van der Waals surface area contributed by atoms with Crippen LogP contribution in [-0.4, -0.2) is 38.4 Å². The summed E-state index contributed by atoms with van der Waals surface area (Å²) in [6.45, 7) is 0.732. The Morgan fingerprint density at radius 3 is 2.80 bits per heavy atom. The molecule has 1 saturated heterocycles. The van der Waals surface area contributed by atoms with Gasteiger partial charge in [-0.05, 0) is 12.1 Å². The summed E-state index contributed by atoms with van der Waals surface area (Å²) in [7, 11) is -4.05. The molecule has 0 radical (unpaired) electrons. The molecule has 1 unspecified atom stereocenters. The van der Waals surface area contributed by atoms with Crippen LogP contribution in [0.25, 0.3) is 0 Å². The molecule has 1 N–H and O–H groups in total. The molecule has 1 heterocycles. The van der Waals surface area contributed by atoms with Crippen LogP contribution in [0.4, 0.5) is 4.39 Å². The monoisotopic (exact) mass is 337 g/mol. The molecule has 0 spiro atoms. The molecule has 108 valence electrons. The first-order chi connectivity index (χ1) is 9.39. The molecular formula is C11H10Cl2FN3O2S. The molecule has 9 heteroatoms. The lowest BCUT2D eigenvalue weighted by atomic mass is 10.3. The van der Waals surface area contributed by atoms with E-state index in [1.165, 1.54) is 0 Å². The maximum absolute atomic E-state index is 13.6. The zero-order valence-corrected chi connectivity index (χ0v) is 12.4. The third-order valence-electron chi connectivity index (χ3n) is 2.93. The topological polar surface area (TPSA) is 73.2 Å². The van der Waals surface area contributed by atoms with Gasteiger partial charge in [0.2, 0.25) is 10.0 Å². The predicted octanol–water partition coefficient (Wildman–Crippen LogP) is 1.62. The molecule has 0 amide bonds. The molecule has 20 heavy (non-hydrogen) atoms. The van der Waals surface area contributed by atoms with Gasteiger partial charge in [-0.25, -0.2) is 12.8 Å². The maximum atomic E-state index is 13.6. The summed E-state index contributed by atoms with van der Waals surface area (Å²) >= 11 is 11.3. The highest BCUT2D eigenvalue weighted by Gasteiger charge is 2.35. The van der Waals surface area contributed by atoms with Crippen molar-refractivity contribution in [1.29, 1.82) is 5.26 Å². The Kier molecular flexibility index (Phi) is 4.52. The number of hydrogen-bond acceptors (Lipinski definition) is 4. The Morgan fingerprint density at radius 1 is 1.45 bits per heavy atom. The number of hydrogen-bond donors (Lipinski definition) is 1. The van der Waals surface area contributed by atoms with E-state index in [9.17, 15) is 12.8 Å². The first-order valence-electron chi connectivity index (χ1n) is 5.65. The SMILES string of the molecule is N#CC1CNCCN1S(=O)(=O)c1ccc(Cl)c(F)c1Cl. The highest BCUT2D eigenvalue weighted by Crippen LogP contribution is 2.32. The van der Waals surface area contributed by atoms with Crippen LogP contribution in [0.15, 0.2) is 17.0 Å². The van der Waals surface area contributed by atoms with Crippen molar-refractivity contribution >= 4 is 33.2 Å². The van der Waals surface area contributed by atoms with Crippen LogP contribution in [0.1, 0.15) is 0 Å². The van der Waals surface area contributed by atoms with Gasteiger partial charge < -0.3 is 5.32 Å². The van der Waals surface area contributed by atoms with E-state index in [4.69, 9.17) is 28.5 Å². The average Bonchev–Trinajstić information content (AvgIpc) is 2.44. The molecule has 0 aromatic heterocycles. The molecule has 2 rings (SSSR count). The van der Waals surface area contributed by atoms with Crippen LogP contribution in [0, 0.1) is 17.1 Å². The maximum Gasteiger partial charge on any atom is 0.245 e. The molecule has 1 aliphatic heterocycles. The smallest absolute Gasteiger partial charge is 0.245 e. The van der Waals surface area contributed by atoms with E-state index in [1.807, 2.05) is 6.07 Å². The summed E-state index contributed by atoms with van der Waals surface area (Å²) in [5.41, 5.74) is 0. The first-order valence-corrected chi connectivity index (χ1v) is 7.85. The Labute approximate surface area is 125 Å². The Morgan fingerprint density at radius 2 is 2.15 bits per heavy atom. The highest BCUT2D eigenvalue weighted by molar-refractivity contribution is 7.89. The van der Waals surface area contributed by atoms with E-state index in [-0.39, 0.29) is 23.0 Å². The van der Waals surface area contributed by atoms with Gasteiger partial charge in [-0.1, -0.05) is 23.2 Å². The van der Waals surface area contributed by atoms with E-state index in [1.54, 1.807) is 0 Å². The second-order valence-corrected chi connectivity index (χ2v) is 6.78. The third-order valence-corrected chi connectivity index (χ3v) is 5.65. The second-order valence-electron chi connectivity index (χ2n) is 4.14. The minimum absolute atomic E-state index is 0.112. The number of nitrogens with zero attached hydrogens (tertiary/aromatic N) is 2. The fraction of sp³-hybridized carbons (Fsp3) is 0.364. The predicted molar refractivity (Wildman–Crippen MR) is 72.6 cm³/mol. The fourth-order valence-electron chi connectivity index (χ4n) is 1.92. The summed E-state index contributed by atoms with van der Waals surface area (Å²) < 4.78 is 39.6. The number of rotatable bonds is 2. The molecule has 5 nitrogen and oxygen atoms in total. The van der Waals surface area contributed by atoms with Gasteiger partial charge in [-0.15, -0.1) is 0 Å². The van der Waals surface area contributed by atoms with Gasteiger partial charge in [-0.2, -0.15) is 9.57 Å². The molecular weight excluding hydrogens is 328 g/mol. The van der Waals surface area contributed by atoms with Crippen molar-refractivity contribution in [3.8, 4) is 6.07 Å². The molecule has 1 aromatic carbocycles. The molecule has 1 atom stereocenters. The van der Waals surface area contributed by atoms with E-state index in [0.717, 1.165) is 16.4 Å². The highest BCUT2D eigenvalue weighted by atomic mass is 35.5. The summed E-state index contributed by atoms with van der Waals surface area (Å²) in [4.78, 5) is -0.386. The van der Waals surface area contributed by atoms with Crippen molar-refractivity contribution in [2.75, 3.05) is 19.6 Å². The lowest BCUT2D eigenvalue weighted by Crippen LogP contribution is -2.52. The number of piperazine rings is 1. The van der Waals surface area contributed by atoms with Gasteiger partial charge in [0.25, 0.3) is 0 Å². The van der Waals surface area contributed by atoms with Gasteiger partial charge >= 0.3 is 0 Å². The second kappa shape index (κ2) is 5.84. The summed E-state index contributed by atoms with van der Waals surface area (Å²) in [5, 5.41) is 11.1. The standard InChI is InChI=1S/C11H10Cl2FN3O2S/c12-8-1-2-9(10(13)11(8)14)20(18,19)17-4-3-16-6-7(17)5-15/h1-2,7,16H,3-4,6H2. The van der Waals surface area contributed by atoms with Crippen LogP contribution in [0.2, 0.25) is 10.0 Å². The van der Waals surface area contributed by atoms with E-state index in [2.05, 4.69) is 5.32 Å². The van der Waals surface area contributed by atoms with Crippen LogP contribution in [-0.2, 0) is 10.0 Å². The third kappa shape index (κ3) is 2.62. The van der Waals surface area contributed by atoms with E-state index in [0.29, 0.717) is 6.54 Å². The van der Waals surface area contributed by atoms with Gasteiger partial charge in [0.15, 0.2) is 5.82 Å². The van der Waals surface area contributed by atoms with Gasteiger partial charge in [0, 0.05) is 19.6 Å². The van der Waals surface area contributed by atoms with Crippen molar-refractivity contribution in [3.63, 3.8) is 0 Å². The quantitative estimate of drug-likeness (QED) is 0.832.